The van der Waals surface area contributed by atoms with E-state index >= 15 is 0 Å². The van der Waals surface area contributed by atoms with Crippen molar-refractivity contribution in [2.24, 2.45) is 11.8 Å². The van der Waals surface area contributed by atoms with Gasteiger partial charge in [-0.3, -0.25) is 24.7 Å². The molecule has 8 nitrogen and oxygen atoms in total. The van der Waals surface area contributed by atoms with Crippen LogP contribution in [0.3, 0.4) is 0 Å². The molecule has 0 radical (unpaired) electrons. The zero-order valence-electron chi connectivity index (χ0n) is 17.2. The fraction of sp³-hybridized carbons (Fsp3) is 0.500. The molecule has 1 aromatic rings. The predicted molar refractivity (Wildman–Crippen MR) is 112 cm³/mol. The van der Waals surface area contributed by atoms with Crippen LogP contribution in [0.15, 0.2) is 36.4 Å². The topological polar surface area (TPSA) is 91.0 Å². The standard InChI is InChI=1S/C22H28N4O4/c1-15(25-9-11-30-12-10-25)14-23-20(27)16-5-4-6-17(13-16)26-22(29)19-8-3-2-7-18(19)21(28)24-26/h2-6,13,15,18-19H,7-12,14H2,1H3,(H,23,27)(H,24,28)/t15-,18-,19-/m1/s1. The Morgan fingerprint density at radius 2 is 1.93 bits per heavy atom. The SMILES string of the molecule is C[C@H](CNC(=O)c1cccc(N2NC(=O)[C@@H]3CC=CC[C@H]3C2=O)c1)N1CCOCC1. The minimum atomic E-state index is -0.351. The second-order valence-corrected chi connectivity index (χ2v) is 8.06. The van der Waals surface area contributed by atoms with Crippen LogP contribution in [0.4, 0.5) is 5.69 Å². The maximum atomic E-state index is 12.9. The van der Waals surface area contributed by atoms with Crippen LogP contribution in [0.5, 0.6) is 0 Å². The number of hydrogen-bond acceptors (Lipinski definition) is 5. The van der Waals surface area contributed by atoms with E-state index in [0.29, 0.717) is 43.9 Å². The van der Waals surface area contributed by atoms with E-state index in [9.17, 15) is 14.4 Å². The largest absolute Gasteiger partial charge is 0.379 e. The minimum absolute atomic E-state index is 0.137. The third-order valence-electron chi connectivity index (χ3n) is 6.12. The smallest absolute Gasteiger partial charge is 0.251 e. The zero-order chi connectivity index (χ0) is 21.1. The first-order valence-corrected chi connectivity index (χ1v) is 10.5. The molecule has 4 rings (SSSR count). The number of nitrogens with zero attached hydrogens (tertiary/aromatic N) is 2. The number of allylic oxidation sites excluding steroid dienone is 2. The number of hydrazine groups is 1. The van der Waals surface area contributed by atoms with Crippen molar-refractivity contribution in [3.63, 3.8) is 0 Å². The predicted octanol–water partition coefficient (Wildman–Crippen LogP) is 1.10. The summed E-state index contributed by atoms with van der Waals surface area (Å²) in [6.45, 7) is 5.76. The summed E-state index contributed by atoms with van der Waals surface area (Å²) < 4.78 is 5.37. The van der Waals surface area contributed by atoms with Crippen molar-refractivity contribution in [2.45, 2.75) is 25.8 Å². The molecule has 2 aliphatic heterocycles. The summed E-state index contributed by atoms with van der Waals surface area (Å²) in [6.07, 6.45) is 5.05. The molecule has 1 aromatic carbocycles. The van der Waals surface area contributed by atoms with Gasteiger partial charge in [-0.1, -0.05) is 18.2 Å². The van der Waals surface area contributed by atoms with Gasteiger partial charge in [-0.25, -0.2) is 5.01 Å². The summed E-state index contributed by atoms with van der Waals surface area (Å²) in [4.78, 5) is 40.4. The Hall–Kier alpha value is -2.71. The Balaban J connectivity index is 1.42. The van der Waals surface area contributed by atoms with Crippen LogP contribution in [-0.2, 0) is 14.3 Å². The lowest BCUT2D eigenvalue weighted by atomic mass is 9.80. The summed E-state index contributed by atoms with van der Waals surface area (Å²) in [6, 6.07) is 7.01. The van der Waals surface area contributed by atoms with E-state index in [0.717, 1.165) is 13.1 Å². The number of rotatable bonds is 5. The van der Waals surface area contributed by atoms with E-state index in [1.54, 1.807) is 24.3 Å². The number of morpholine rings is 1. The molecule has 1 aliphatic carbocycles. The van der Waals surface area contributed by atoms with Crippen LogP contribution in [0.2, 0.25) is 0 Å². The van der Waals surface area contributed by atoms with E-state index < -0.39 is 0 Å². The van der Waals surface area contributed by atoms with Crippen molar-refractivity contribution >= 4 is 23.4 Å². The van der Waals surface area contributed by atoms with Gasteiger partial charge < -0.3 is 10.1 Å². The molecule has 0 unspecified atom stereocenters. The molecule has 2 N–H and O–H groups in total. The van der Waals surface area contributed by atoms with E-state index in [2.05, 4.69) is 22.6 Å². The van der Waals surface area contributed by atoms with Crippen LogP contribution in [0.1, 0.15) is 30.1 Å². The van der Waals surface area contributed by atoms with Crippen LogP contribution in [0.25, 0.3) is 0 Å². The average molecular weight is 412 g/mol. The first kappa shape index (κ1) is 20.6. The van der Waals surface area contributed by atoms with Crippen molar-refractivity contribution < 1.29 is 19.1 Å². The van der Waals surface area contributed by atoms with Gasteiger partial charge in [0.15, 0.2) is 0 Å². The van der Waals surface area contributed by atoms with Gasteiger partial charge in [0, 0.05) is 31.2 Å². The second-order valence-electron chi connectivity index (χ2n) is 8.06. The highest BCUT2D eigenvalue weighted by Gasteiger charge is 2.42. The van der Waals surface area contributed by atoms with Crippen LogP contribution < -0.4 is 15.8 Å². The second kappa shape index (κ2) is 8.97. The highest BCUT2D eigenvalue weighted by Crippen LogP contribution is 2.32. The molecule has 3 atom stereocenters. The van der Waals surface area contributed by atoms with Crippen LogP contribution in [0, 0.1) is 11.8 Å². The van der Waals surface area contributed by atoms with Crippen molar-refractivity contribution in [3.8, 4) is 0 Å². The molecule has 2 saturated heterocycles. The zero-order valence-corrected chi connectivity index (χ0v) is 17.2. The van der Waals surface area contributed by atoms with E-state index in [1.807, 2.05) is 12.2 Å². The van der Waals surface area contributed by atoms with Gasteiger partial charge in [0.05, 0.1) is 30.7 Å². The number of nitrogens with one attached hydrogen (secondary N) is 2. The lowest BCUT2D eigenvalue weighted by Crippen LogP contribution is -2.59. The Morgan fingerprint density at radius 1 is 1.20 bits per heavy atom. The van der Waals surface area contributed by atoms with Crippen molar-refractivity contribution in [3.05, 3.63) is 42.0 Å². The van der Waals surface area contributed by atoms with E-state index in [1.165, 1.54) is 5.01 Å². The number of ether oxygens (including phenoxy) is 1. The number of amides is 3. The van der Waals surface area contributed by atoms with Gasteiger partial charge in [-0.2, -0.15) is 0 Å². The minimum Gasteiger partial charge on any atom is -0.379 e. The number of carbonyl (C=O) groups excluding carboxylic acids is 3. The third-order valence-corrected chi connectivity index (χ3v) is 6.12. The highest BCUT2D eigenvalue weighted by atomic mass is 16.5. The molecular weight excluding hydrogens is 384 g/mol. The maximum Gasteiger partial charge on any atom is 0.251 e. The average Bonchev–Trinajstić information content (AvgIpc) is 2.80. The molecule has 2 heterocycles. The molecule has 2 fully saturated rings. The molecule has 3 aliphatic rings. The summed E-state index contributed by atoms with van der Waals surface area (Å²) >= 11 is 0. The Bertz CT molecular complexity index is 849. The molecule has 3 amide bonds. The molecule has 0 spiro atoms. The van der Waals surface area contributed by atoms with Crippen LogP contribution >= 0.6 is 0 Å². The normalized spacial score (nSPS) is 25.4. The first-order chi connectivity index (χ1) is 14.5. The number of hydrogen-bond donors (Lipinski definition) is 2. The first-order valence-electron chi connectivity index (χ1n) is 10.5. The van der Waals surface area contributed by atoms with Gasteiger partial charge in [0.2, 0.25) is 11.8 Å². The van der Waals surface area contributed by atoms with Gasteiger partial charge in [-0.15, -0.1) is 0 Å². The number of fused-ring (bicyclic) bond motifs is 1. The van der Waals surface area contributed by atoms with Gasteiger partial charge in [-0.05, 0) is 38.0 Å². The summed E-state index contributed by atoms with van der Waals surface area (Å²) in [5.74, 6) is -1.16. The monoisotopic (exact) mass is 412 g/mol. The van der Waals surface area contributed by atoms with Crippen molar-refractivity contribution in [2.75, 3.05) is 37.9 Å². The van der Waals surface area contributed by atoms with Crippen LogP contribution in [-0.4, -0.2) is 61.5 Å². The van der Waals surface area contributed by atoms with E-state index in [-0.39, 0.29) is 35.6 Å². The maximum absolute atomic E-state index is 12.9. The quantitative estimate of drug-likeness (QED) is 0.707. The lowest BCUT2D eigenvalue weighted by Gasteiger charge is -2.38. The summed E-state index contributed by atoms with van der Waals surface area (Å²) in [5, 5.41) is 4.26. The number of benzene rings is 1. The lowest BCUT2D eigenvalue weighted by molar-refractivity contribution is -0.139. The van der Waals surface area contributed by atoms with Crippen molar-refractivity contribution in [1.29, 1.82) is 0 Å². The summed E-state index contributed by atoms with van der Waals surface area (Å²) in [5.41, 5.74) is 3.65. The summed E-state index contributed by atoms with van der Waals surface area (Å²) in [7, 11) is 0. The number of carbonyl (C=O) groups is 3. The Morgan fingerprint density at radius 3 is 2.70 bits per heavy atom. The highest BCUT2D eigenvalue weighted by molar-refractivity contribution is 6.05. The molecule has 0 bridgehead atoms. The Labute approximate surface area is 176 Å². The number of anilines is 1. The van der Waals surface area contributed by atoms with Gasteiger partial charge in [0.1, 0.15) is 0 Å². The van der Waals surface area contributed by atoms with Gasteiger partial charge in [0.25, 0.3) is 5.91 Å². The van der Waals surface area contributed by atoms with Gasteiger partial charge >= 0.3 is 0 Å². The molecule has 8 heteroatoms. The molecular formula is C22H28N4O4. The third kappa shape index (κ3) is 4.24. The fourth-order valence-electron chi connectivity index (χ4n) is 4.26. The van der Waals surface area contributed by atoms with E-state index in [4.69, 9.17) is 4.74 Å². The fourth-order valence-corrected chi connectivity index (χ4v) is 4.26. The molecule has 30 heavy (non-hydrogen) atoms. The van der Waals surface area contributed by atoms with Crippen molar-refractivity contribution in [1.82, 2.24) is 15.6 Å². The molecule has 0 saturated carbocycles. The Kier molecular flexibility index (Phi) is 6.15. The molecule has 0 aromatic heterocycles. The molecule has 160 valence electrons.